The summed E-state index contributed by atoms with van der Waals surface area (Å²) in [6, 6.07) is 5.78. The van der Waals surface area contributed by atoms with Crippen molar-refractivity contribution in [2.24, 2.45) is 0 Å². The number of ether oxygens (including phenoxy) is 1. The van der Waals surface area contributed by atoms with Crippen molar-refractivity contribution in [1.82, 2.24) is 10.2 Å². The molecule has 0 aliphatic carbocycles. The number of rotatable bonds is 6. The van der Waals surface area contributed by atoms with Crippen LogP contribution in [0.2, 0.25) is 5.02 Å². The van der Waals surface area contributed by atoms with Crippen LogP contribution < -0.4 is 10.1 Å². The minimum atomic E-state index is 0.715. The lowest BCUT2D eigenvalue weighted by Gasteiger charge is -2.15. The predicted molar refractivity (Wildman–Crippen MR) is 75.4 cm³/mol. The van der Waals surface area contributed by atoms with Gasteiger partial charge in [0.05, 0.1) is 7.11 Å². The molecule has 1 aliphatic rings. The van der Waals surface area contributed by atoms with E-state index in [4.69, 9.17) is 16.3 Å². The van der Waals surface area contributed by atoms with Crippen LogP contribution >= 0.6 is 11.6 Å². The zero-order valence-corrected chi connectivity index (χ0v) is 11.7. The van der Waals surface area contributed by atoms with Gasteiger partial charge in [0, 0.05) is 30.2 Å². The number of methoxy groups -OCH3 is 1. The van der Waals surface area contributed by atoms with Gasteiger partial charge in [0.2, 0.25) is 0 Å². The molecule has 18 heavy (non-hydrogen) atoms. The molecular weight excluding hydrogens is 248 g/mol. The Morgan fingerprint density at radius 3 is 2.83 bits per heavy atom. The Bertz CT molecular complexity index is 378. The van der Waals surface area contributed by atoms with E-state index in [1.165, 1.54) is 25.9 Å². The van der Waals surface area contributed by atoms with E-state index in [-0.39, 0.29) is 0 Å². The highest BCUT2D eigenvalue weighted by Crippen LogP contribution is 2.22. The van der Waals surface area contributed by atoms with E-state index < -0.39 is 0 Å². The number of nitrogens with zero attached hydrogens (tertiary/aromatic N) is 1. The summed E-state index contributed by atoms with van der Waals surface area (Å²) in [4.78, 5) is 2.51. The molecule has 0 amide bonds. The molecule has 4 heteroatoms. The van der Waals surface area contributed by atoms with Gasteiger partial charge < -0.3 is 15.0 Å². The summed E-state index contributed by atoms with van der Waals surface area (Å²) in [5, 5.41) is 4.17. The molecule has 0 spiro atoms. The Morgan fingerprint density at radius 1 is 1.33 bits per heavy atom. The zero-order chi connectivity index (χ0) is 12.8. The molecule has 0 unspecified atom stereocenters. The molecule has 0 atom stereocenters. The second-order valence-corrected chi connectivity index (χ2v) is 5.12. The van der Waals surface area contributed by atoms with Crippen molar-refractivity contribution < 1.29 is 4.74 Å². The number of nitrogens with one attached hydrogen (secondary N) is 1. The first-order chi connectivity index (χ1) is 8.79. The molecule has 0 bridgehead atoms. The molecule has 0 aromatic heterocycles. The van der Waals surface area contributed by atoms with E-state index in [1.54, 1.807) is 7.11 Å². The largest absolute Gasteiger partial charge is 0.496 e. The smallest absolute Gasteiger partial charge is 0.124 e. The van der Waals surface area contributed by atoms with Gasteiger partial charge in [0.25, 0.3) is 0 Å². The average Bonchev–Trinajstić information content (AvgIpc) is 2.89. The first kappa shape index (κ1) is 13.7. The third kappa shape index (κ3) is 3.87. The molecule has 0 radical (unpaired) electrons. The molecule has 100 valence electrons. The molecule has 2 rings (SSSR count). The monoisotopic (exact) mass is 268 g/mol. The van der Waals surface area contributed by atoms with Gasteiger partial charge in [-0.3, -0.25) is 0 Å². The van der Waals surface area contributed by atoms with Gasteiger partial charge in [-0.15, -0.1) is 0 Å². The van der Waals surface area contributed by atoms with Crippen LogP contribution in [0.1, 0.15) is 18.4 Å². The molecule has 1 fully saturated rings. The average molecular weight is 269 g/mol. The third-order valence-corrected chi connectivity index (χ3v) is 3.60. The molecule has 1 aromatic rings. The lowest BCUT2D eigenvalue weighted by Crippen LogP contribution is -2.29. The normalized spacial score (nSPS) is 16.1. The zero-order valence-electron chi connectivity index (χ0n) is 10.9. The summed E-state index contributed by atoms with van der Waals surface area (Å²) in [6.45, 7) is 5.49. The van der Waals surface area contributed by atoms with Crippen LogP contribution in [0.15, 0.2) is 18.2 Å². The first-order valence-electron chi connectivity index (χ1n) is 6.55. The molecule has 0 saturated carbocycles. The number of benzene rings is 1. The van der Waals surface area contributed by atoms with E-state index >= 15 is 0 Å². The molecular formula is C14H21ClN2O. The molecule has 1 heterocycles. The van der Waals surface area contributed by atoms with Crippen molar-refractivity contribution in [1.29, 1.82) is 0 Å². The SMILES string of the molecule is COc1cc(Cl)ccc1CNCCN1CCCC1. The standard InChI is InChI=1S/C14H21ClN2O/c1-18-14-10-13(15)5-4-12(14)11-16-6-9-17-7-2-3-8-17/h4-5,10,16H,2-3,6-9,11H2,1H3. The fourth-order valence-electron chi connectivity index (χ4n) is 2.33. The fraction of sp³-hybridized carbons (Fsp3) is 0.571. The van der Waals surface area contributed by atoms with Crippen LogP contribution in [-0.4, -0.2) is 38.2 Å². The van der Waals surface area contributed by atoms with Crippen LogP contribution in [0, 0.1) is 0 Å². The highest BCUT2D eigenvalue weighted by Gasteiger charge is 2.10. The second kappa shape index (κ2) is 6.98. The number of hydrogen-bond donors (Lipinski definition) is 1. The Morgan fingerprint density at radius 2 is 2.11 bits per heavy atom. The Kier molecular flexibility index (Phi) is 5.29. The van der Waals surface area contributed by atoms with E-state index in [0.29, 0.717) is 5.02 Å². The van der Waals surface area contributed by atoms with E-state index in [2.05, 4.69) is 10.2 Å². The molecule has 1 saturated heterocycles. The highest BCUT2D eigenvalue weighted by atomic mass is 35.5. The Labute approximate surface area is 114 Å². The maximum absolute atomic E-state index is 5.94. The van der Waals surface area contributed by atoms with Crippen LogP contribution in [0.5, 0.6) is 5.75 Å². The summed E-state index contributed by atoms with van der Waals surface area (Å²) in [7, 11) is 1.68. The van der Waals surface area contributed by atoms with Crippen molar-refractivity contribution in [3.63, 3.8) is 0 Å². The van der Waals surface area contributed by atoms with Gasteiger partial charge in [0.15, 0.2) is 0 Å². The van der Waals surface area contributed by atoms with Gasteiger partial charge in [-0.2, -0.15) is 0 Å². The van der Waals surface area contributed by atoms with Crippen molar-refractivity contribution in [2.75, 3.05) is 33.3 Å². The number of halogens is 1. The lowest BCUT2D eigenvalue weighted by molar-refractivity contribution is 0.335. The fourth-order valence-corrected chi connectivity index (χ4v) is 2.49. The van der Waals surface area contributed by atoms with Gasteiger partial charge >= 0.3 is 0 Å². The van der Waals surface area contributed by atoms with Gasteiger partial charge in [-0.05, 0) is 38.1 Å². The summed E-state index contributed by atoms with van der Waals surface area (Å²) < 4.78 is 5.32. The number of likely N-dealkylation sites (tertiary alicyclic amines) is 1. The minimum absolute atomic E-state index is 0.715. The van der Waals surface area contributed by atoms with E-state index in [9.17, 15) is 0 Å². The summed E-state index contributed by atoms with van der Waals surface area (Å²) >= 11 is 5.94. The van der Waals surface area contributed by atoms with Crippen molar-refractivity contribution >= 4 is 11.6 Å². The third-order valence-electron chi connectivity index (χ3n) is 3.37. The van der Waals surface area contributed by atoms with Crippen molar-refractivity contribution in [3.05, 3.63) is 28.8 Å². The highest BCUT2D eigenvalue weighted by molar-refractivity contribution is 6.30. The second-order valence-electron chi connectivity index (χ2n) is 4.68. The molecule has 1 N–H and O–H groups in total. The van der Waals surface area contributed by atoms with Crippen LogP contribution in [0.4, 0.5) is 0 Å². The van der Waals surface area contributed by atoms with Crippen LogP contribution in [0.3, 0.4) is 0 Å². The van der Waals surface area contributed by atoms with Gasteiger partial charge in [-0.25, -0.2) is 0 Å². The van der Waals surface area contributed by atoms with E-state index in [1.807, 2.05) is 18.2 Å². The summed E-state index contributed by atoms with van der Waals surface area (Å²) in [5.41, 5.74) is 1.16. The van der Waals surface area contributed by atoms with Crippen LogP contribution in [-0.2, 0) is 6.54 Å². The summed E-state index contributed by atoms with van der Waals surface area (Å²) in [5.74, 6) is 0.858. The Hall–Kier alpha value is -0.770. The summed E-state index contributed by atoms with van der Waals surface area (Å²) in [6.07, 6.45) is 2.70. The van der Waals surface area contributed by atoms with Crippen molar-refractivity contribution in [2.45, 2.75) is 19.4 Å². The van der Waals surface area contributed by atoms with Gasteiger partial charge in [-0.1, -0.05) is 17.7 Å². The quantitative estimate of drug-likeness (QED) is 0.803. The first-order valence-corrected chi connectivity index (χ1v) is 6.93. The maximum Gasteiger partial charge on any atom is 0.124 e. The Balaban J connectivity index is 1.75. The maximum atomic E-state index is 5.94. The van der Waals surface area contributed by atoms with E-state index in [0.717, 1.165) is 30.9 Å². The predicted octanol–water partition coefficient (Wildman–Crippen LogP) is 2.53. The minimum Gasteiger partial charge on any atom is -0.496 e. The van der Waals surface area contributed by atoms with Crippen LogP contribution in [0.25, 0.3) is 0 Å². The number of hydrogen-bond acceptors (Lipinski definition) is 3. The van der Waals surface area contributed by atoms with Gasteiger partial charge in [0.1, 0.15) is 5.75 Å². The van der Waals surface area contributed by atoms with Crippen molar-refractivity contribution in [3.8, 4) is 5.75 Å². The molecule has 3 nitrogen and oxygen atoms in total. The lowest BCUT2D eigenvalue weighted by atomic mass is 10.2. The topological polar surface area (TPSA) is 24.5 Å². The molecule has 1 aliphatic heterocycles. The molecule has 1 aromatic carbocycles.